The zero-order valence-electron chi connectivity index (χ0n) is 16.5. The van der Waals surface area contributed by atoms with Gasteiger partial charge >= 0.3 is 0 Å². The molecule has 0 spiro atoms. The minimum Gasteiger partial charge on any atom is -0.490 e. The number of rotatable bonds is 8. The van der Waals surface area contributed by atoms with Gasteiger partial charge in [-0.3, -0.25) is 0 Å². The topological polar surface area (TPSA) is 68.3 Å². The van der Waals surface area contributed by atoms with E-state index >= 15 is 0 Å². The first-order valence-corrected chi connectivity index (χ1v) is 11.8. The third-order valence-corrected chi connectivity index (χ3v) is 6.62. The predicted octanol–water partition coefficient (Wildman–Crippen LogP) is 5.82. The molecule has 0 bridgehead atoms. The Bertz CT molecular complexity index is 1010. The van der Waals surface area contributed by atoms with Crippen LogP contribution in [-0.2, 0) is 13.2 Å². The Morgan fingerprint density at radius 3 is 2.52 bits per heavy atom. The maximum Gasteiger partial charge on any atom is 0.206 e. The second kappa shape index (κ2) is 10.7. The highest BCUT2D eigenvalue weighted by molar-refractivity contribution is 7.15. The fraction of sp³-hybridized carbons (Fsp3) is 0.333. The van der Waals surface area contributed by atoms with E-state index in [1.54, 1.807) is 12.1 Å². The number of benzene rings is 2. The normalized spacial score (nSPS) is 14.4. The zero-order chi connectivity index (χ0) is 21.6. The molecule has 0 radical (unpaired) electrons. The zero-order valence-corrected chi connectivity index (χ0v) is 19.6. The molecule has 0 atom stereocenters. The van der Waals surface area contributed by atoms with Gasteiger partial charge in [0.2, 0.25) is 5.13 Å². The van der Waals surface area contributed by atoms with Crippen molar-refractivity contribution in [1.29, 1.82) is 0 Å². The summed E-state index contributed by atoms with van der Waals surface area (Å²) >= 11 is 19.5. The first-order valence-electron chi connectivity index (χ1n) is 9.87. The molecule has 2 N–H and O–H groups in total. The van der Waals surface area contributed by atoms with E-state index in [4.69, 9.17) is 44.3 Å². The average molecular weight is 500 g/mol. The summed E-state index contributed by atoms with van der Waals surface area (Å²) < 4.78 is 11.7. The monoisotopic (exact) mass is 498 g/mol. The van der Waals surface area contributed by atoms with Gasteiger partial charge in [-0.25, -0.2) is 0 Å². The molecule has 1 saturated heterocycles. The molecule has 1 aliphatic heterocycles. The third-order valence-electron chi connectivity index (χ3n) is 4.75. The molecule has 1 aliphatic rings. The van der Waals surface area contributed by atoms with Crippen LogP contribution in [0.3, 0.4) is 0 Å². The van der Waals surface area contributed by atoms with Gasteiger partial charge in [0.25, 0.3) is 0 Å². The first-order chi connectivity index (χ1) is 15.1. The van der Waals surface area contributed by atoms with Crippen molar-refractivity contribution in [2.75, 3.05) is 18.4 Å². The van der Waals surface area contributed by atoms with Gasteiger partial charge in [0.15, 0.2) is 5.01 Å². The van der Waals surface area contributed by atoms with E-state index in [9.17, 15) is 0 Å². The second-order valence-corrected chi connectivity index (χ2v) is 9.33. The van der Waals surface area contributed by atoms with Crippen LogP contribution in [0.4, 0.5) is 5.13 Å². The Labute approximate surface area is 199 Å². The summed E-state index contributed by atoms with van der Waals surface area (Å²) in [7, 11) is 0. The van der Waals surface area contributed by atoms with Gasteiger partial charge in [-0.05, 0) is 49.7 Å². The molecule has 0 unspecified atom stereocenters. The SMILES string of the molecule is Clc1cc(Cl)c(OCc2nnc(NCc3ccc(OC4CCNCC4)cc3)s2)cc1Cl. The maximum atomic E-state index is 6.13. The molecule has 0 saturated carbocycles. The highest BCUT2D eigenvalue weighted by atomic mass is 35.5. The summed E-state index contributed by atoms with van der Waals surface area (Å²) in [5.74, 6) is 1.36. The van der Waals surface area contributed by atoms with E-state index in [2.05, 4.69) is 33.0 Å². The van der Waals surface area contributed by atoms with Crippen molar-refractivity contribution in [2.24, 2.45) is 0 Å². The molecule has 1 fully saturated rings. The molecule has 1 aromatic heterocycles. The van der Waals surface area contributed by atoms with Crippen LogP contribution in [0.25, 0.3) is 0 Å². The van der Waals surface area contributed by atoms with Crippen LogP contribution in [0.15, 0.2) is 36.4 Å². The van der Waals surface area contributed by atoms with Crippen molar-refractivity contribution in [2.45, 2.75) is 32.1 Å². The molecular weight excluding hydrogens is 479 g/mol. The highest BCUT2D eigenvalue weighted by Crippen LogP contribution is 2.34. The number of hydrogen-bond donors (Lipinski definition) is 2. The Morgan fingerprint density at radius 2 is 1.74 bits per heavy atom. The van der Waals surface area contributed by atoms with Crippen molar-refractivity contribution >= 4 is 51.3 Å². The average Bonchev–Trinajstić information content (AvgIpc) is 3.23. The van der Waals surface area contributed by atoms with Crippen molar-refractivity contribution in [3.8, 4) is 11.5 Å². The van der Waals surface area contributed by atoms with E-state index in [0.717, 1.165) is 42.3 Å². The van der Waals surface area contributed by atoms with Gasteiger partial charge in [-0.15, -0.1) is 10.2 Å². The van der Waals surface area contributed by atoms with Crippen LogP contribution in [0, 0.1) is 0 Å². The van der Waals surface area contributed by atoms with Gasteiger partial charge in [0, 0.05) is 12.6 Å². The summed E-state index contributed by atoms with van der Waals surface area (Å²) in [6.45, 7) is 2.91. The number of halogens is 3. The van der Waals surface area contributed by atoms with Gasteiger partial charge in [-0.2, -0.15) is 0 Å². The number of nitrogens with zero attached hydrogens (tertiary/aromatic N) is 2. The summed E-state index contributed by atoms with van der Waals surface area (Å²) in [6, 6.07) is 11.3. The van der Waals surface area contributed by atoms with Gasteiger partial charge in [-0.1, -0.05) is 58.3 Å². The summed E-state index contributed by atoms with van der Waals surface area (Å²) in [4.78, 5) is 0. The molecule has 164 valence electrons. The molecule has 2 aromatic carbocycles. The van der Waals surface area contributed by atoms with Gasteiger partial charge in [0.1, 0.15) is 24.2 Å². The molecule has 31 heavy (non-hydrogen) atoms. The van der Waals surface area contributed by atoms with Crippen LogP contribution in [0.5, 0.6) is 11.5 Å². The molecule has 0 amide bonds. The van der Waals surface area contributed by atoms with Crippen LogP contribution >= 0.6 is 46.1 Å². The van der Waals surface area contributed by atoms with Crippen molar-refractivity contribution in [1.82, 2.24) is 15.5 Å². The molecule has 6 nitrogen and oxygen atoms in total. The third kappa shape index (κ3) is 6.37. The lowest BCUT2D eigenvalue weighted by Gasteiger charge is -2.23. The van der Waals surface area contributed by atoms with Crippen LogP contribution < -0.4 is 20.1 Å². The molecule has 3 aromatic rings. The largest absolute Gasteiger partial charge is 0.490 e. The quantitative estimate of drug-likeness (QED) is 0.381. The summed E-state index contributed by atoms with van der Waals surface area (Å²) in [5, 5.41) is 17.5. The minimum atomic E-state index is 0.236. The van der Waals surface area contributed by atoms with E-state index in [1.807, 2.05) is 12.1 Å². The summed E-state index contributed by atoms with van der Waals surface area (Å²) in [5.41, 5.74) is 1.13. The van der Waals surface area contributed by atoms with E-state index in [1.165, 1.54) is 11.3 Å². The molecular formula is C21H21Cl3N4O2S. The smallest absolute Gasteiger partial charge is 0.206 e. The predicted molar refractivity (Wildman–Crippen MR) is 126 cm³/mol. The maximum absolute atomic E-state index is 6.13. The highest BCUT2D eigenvalue weighted by Gasteiger charge is 2.14. The molecule has 0 aliphatic carbocycles. The number of aromatic nitrogens is 2. The van der Waals surface area contributed by atoms with E-state index < -0.39 is 0 Å². The molecule has 10 heteroatoms. The summed E-state index contributed by atoms with van der Waals surface area (Å²) in [6.07, 6.45) is 2.39. The van der Waals surface area contributed by atoms with Crippen molar-refractivity contribution in [3.63, 3.8) is 0 Å². The van der Waals surface area contributed by atoms with Crippen LogP contribution in [0.1, 0.15) is 23.4 Å². The number of anilines is 1. The van der Waals surface area contributed by atoms with E-state index in [0.29, 0.717) is 38.6 Å². The van der Waals surface area contributed by atoms with Crippen molar-refractivity contribution in [3.05, 3.63) is 62.0 Å². The lowest BCUT2D eigenvalue weighted by Crippen LogP contribution is -2.34. The molecule has 2 heterocycles. The molecule has 4 rings (SSSR count). The van der Waals surface area contributed by atoms with Gasteiger partial charge < -0.3 is 20.1 Å². The number of hydrogen-bond acceptors (Lipinski definition) is 7. The number of ether oxygens (including phenoxy) is 2. The second-order valence-electron chi connectivity index (χ2n) is 7.05. The van der Waals surface area contributed by atoms with Gasteiger partial charge in [0.05, 0.1) is 15.1 Å². The first kappa shape index (κ1) is 22.4. The lowest BCUT2D eigenvalue weighted by molar-refractivity contribution is 0.162. The lowest BCUT2D eigenvalue weighted by atomic mass is 10.1. The Morgan fingerprint density at radius 1 is 1.00 bits per heavy atom. The number of nitrogens with one attached hydrogen (secondary N) is 2. The standard InChI is InChI=1S/C21H21Cl3N4O2S/c22-16-9-18(24)19(10-17(16)23)29-12-20-27-28-21(31-20)26-11-13-1-3-14(4-2-13)30-15-5-7-25-8-6-15/h1-4,9-10,15,25H,5-8,11-12H2,(H,26,28). The van der Waals surface area contributed by atoms with Crippen LogP contribution in [-0.4, -0.2) is 29.4 Å². The Balaban J connectivity index is 1.26. The minimum absolute atomic E-state index is 0.236. The fourth-order valence-corrected chi connectivity index (χ4v) is 4.35. The Hall–Kier alpha value is -1.77. The van der Waals surface area contributed by atoms with Crippen molar-refractivity contribution < 1.29 is 9.47 Å². The number of piperidine rings is 1. The van der Waals surface area contributed by atoms with E-state index in [-0.39, 0.29) is 6.61 Å². The fourth-order valence-electron chi connectivity index (χ4n) is 3.11. The Kier molecular flexibility index (Phi) is 7.74. The van der Waals surface area contributed by atoms with Crippen LogP contribution in [0.2, 0.25) is 15.1 Å².